The van der Waals surface area contributed by atoms with Crippen molar-refractivity contribution < 1.29 is 9.18 Å². The lowest BCUT2D eigenvalue weighted by atomic mass is 10.2. The van der Waals surface area contributed by atoms with Gasteiger partial charge in [0.15, 0.2) is 0 Å². The highest BCUT2D eigenvalue weighted by Crippen LogP contribution is 2.17. The first-order chi connectivity index (χ1) is 8.54. The Bertz CT molecular complexity index is 412. The molecule has 0 radical (unpaired) electrons. The first kappa shape index (κ1) is 15.1. The number of carbonyl (C=O) groups is 1. The van der Waals surface area contributed by atoms with Crippen molar-refractivity contribution in [3.8, 4) is 0 Å². The van der Waals surface area contributed by atoms with Crippen molar-refractivity contribution in [3.05, 3.63) is 34.1 Å². The van der Waals surface area contributed by atoms with Gasteiger partial charge in [-0.25, -0.2) is 4.39 Å². The van der Waals surface area contributed by atoms with Crippen LogP contribution in [0.2, 0.25) is 0 Å². The van der Waals surface area contributed by atoms with E-state index in [0.717, 1.165) is 16.5 Å². The Morgan fingerprint density at radius 1 is 1.50 bits per heavy atom. The summed E-state index contributed by atoms with van der Waals surface area (Å²) in [5.74, 6) is -0.317. The van der Waals surface area contributed by atoms with Gasteiger partial charge in [-0.1, -0.05) is 22.9 Å². The number of hydrogen-bond donors (Lipinski definition) is 2. The molecule has 0 aliphatic rings. The summed E-state index contributed by atoms with van der Waals surface area (Å²) in [6, 6.07) is 4.21. The summed E-state index contributed by atoms with van der Waals surface area (Å²) in [6.07, 6.45) is 0.911. The lowest BCUT2D eigenvalue weighted by molar-refractivity contribution is -0.122. The molecule has 0 aliphatic heterocycles. The fraction of sp³-hybridized carbons (Fsp3) is 0.462. The van der Waals surface area contributed by atoms with Gasteiger partial charge in [0.05, 0.1) is 6.04 Å². The van der Waals surface area contributed by atoms with Crippen LogP contribution in [-0.2, 0) is 11.3 Å². The van der Waals surface area contributed by atoms with Gasteiger partial charge in [0, 0.05) is 17.6 Å². The summed E-state index contributed by atoms with van der Waals surface area (Å²) in [5, 5.41) is 5.87. The second kappa shape index (κ2) is 7.48. The third-order valence-corrected chi connectivity index (χ3v) is 3.32. The maximum atomic E-state index is 13.1. The molecule has 0 spiro atoms. The number of hydrogen-bond acceptors (Lipinski definition) is 2. The van der Waals surface area contributed by atoms with Crippen LogP contribution in [0.5, 0.6) is 0 Å². The van der Waals surface area contributed by atoms with E-state index in [9.17, 15) is 9.18 Å². The van der Waals surface area contributed by atoms with E-state index in [1.807, 2.05) is 6.92 Å². The van der Waals surface area contributed by atoms with E-state index in [2.05, 4.69) is 26.6 Å². The molecule has 1 unspecified atom stereocenters. The van der Waals surface area contributed by atoms with Crippen LogP contribution in [0.25, 0.3) is 0 Å². The van der Waals surface area contributed by atoms with Crippen molar-refractivity contribution in [2.75, 3.05) is 6.54 Å². The highest BCUT2D eigenvalue weighted by molar-refractivity contribution is 9.10. The Balaban J connectivity index is 2.49. The molecule has 0 fully saturated rings. The molecular weight excluding hydrogens is 299 g/mol. The van der Waals surface area contributed by atoms with Crippen LogP contribution < -0.4 is 10.6 Å². The molecule has 2 N–H and O–H groups in total. The summed E-state index contributed by atoms with van der Waals surface area (Å²) in [7, 11) is 0. The lowest BCUT2D eigenvalue weighted by Crippen LogP contribution is -2.42. The van der Waals surface area contributed by atoms with E-state index in [-0.39, 0.29) is 17.8 Å². The van der Waals surface area contributed by atoms with Crippen molar-refractivity contribution in [1.82, 2.24) is 10.6 Å². The van der Waals surface area contributed by atoms with Crippen LogP contribution in [0.15, 0.2) is 22.7 Å². The zero-order valence-electron chi connectivity index (χ0n) is 10.6. The first-order valence-corrected chi connectivity index (χ1v) is 6.79. The summed E-state index contributed by atoms with van der Waals surface area (Å²) < 4.78 is 13.9. The Hall–Kier alpha value is -0.940. The van der Waals surface area contributed by atoms with Crippen LogP contribution in [0.4, 0.5) is 4.39 Å². The quantitative estimate of drug-likeness (QED) is 0.847. The average molecular weight is 317 g/mol. The smallest absolute Gasteiger partial charge is 0.236 e. The highest BCUT2D eigenvalue weighted by atomic mass is 79.9. The SMILES string of the molecule is CCCNC(=O)C(C)NCc1cc(F)ccc1Br. The molecule has 0 heterocycles. The molecule has 1 aromatic carbocycles. The number of benzene rings is 1. The topological polar surface area (TPSA) is 41.1 Å². The molecule has 1 atom stereocenters. The van der Waals surface area contributed by atoms with E-state index < -0.39 is 0 Å². The van der Waals surface area contributed by atoms with Gasteiger partial charge in [-0.2, -0.15) is 0 Å². The van der Waals surface area contributed by atoms with Crippen LogP contribution in [0.1, 0.15) is 25.8 Å². The van der Waals surface area contributed by atoms with Crippen molar-refractivity contribution in [3.63, 3.8) is 0 Å². The standard InChI is InChI=1S/C13H18BrFN2O/c1-3-6-16-13(18)9(2)17-8-10-7-11(15)4-5-12(10)14/h4-5,7,9,17H,3,6,8H2,1-2H3,(H,16,18). The third kappa shape index (κ3) is 4.74. The lowest BCUT2D eigenvalue weighted by Gasteiger charge is -2.14. The van der Waals surface area contributed by atoms with Crippen molar-refractivity contribution in [2.45, 2.75) is 32.9 Å². The molecular formula is C13H18BrFN2O. The number of amides is 1. The summed E-state index contributed by atoms with van der Waals surface area (Å²) in [6.45, 7) is 4.91. The van der Waals surface area contributed by atoms with Crippen molar-refractivity contribution in [2.24, 2.45) is 0 Å². The molecule has 5 heteroatoms. The van der Waals surface area contributed by atoms with Gasteiger partial charge in [0.1, 0.15) is 5.82 Å². The van der Waals surface area contributed by atoms with Crippen LogP contribution in [0, 0.1) is 5.82 Å². The van der Waals surface area contributed by atoms with E-state index >= 15 is 0 Å². The van der Waals surface area contributed by atoms with E-state index in [4.69, 9.17) is 0 Å². The summed E-state index contributed by atoms with van der Waals surface area (Å²) in [5.41, 5.74) is 0.796. The van der Waals surface area contributed by atoms with Crippen LogP contribution in [0.3, 0.4) is 0 Å². The van der Waals surface area contributed by atoms with E-state index in [1.54, 1.807) is 13.0 Å². The fourth-order valence-electron chi connectivity index (χ4n) is 1.44. The van der Waals surface area contributed by atoms with E-state index in [1.165, 1.54) is 12.1 Å². The zero-order valence-corrected chi connectivity index (χ0v) is 12.2. The average Bonchev–Trinajstić information content (AvgIpc) is 2.36. The molecule has 100 valence electrons. The van der Waals surface area contributed by atoms with Gasteiger partial charge in [-0.3, -0.25) is 4.79 Å². The minimum atomic E-state index is -0.299. The van der Waals surface area contributed by atoms with Crippen LogP contribution >= 0.6 is 15.9 Å². The van der Waals surface area contributed by atoms with Crippen molar-refractivity contribution >= 4 is 21.8 Å². The Morgan fingerprint density at radius 3 is 2.89 bits per heavy atom. The van der Waals surface area contributed by atoms with Gasteiger partial charge < -0.3 is 10.6 Å². The second-order valence-corrected chi connectivity index (χ2v) is 4.98. The van der Waals surface area contributed by atoms with Gasteiger partial charge in [-0.05, 0) is 37.1 Å². The molecule has 1 amide bonds. The molecule has 0 saturated heterocycles. The predicted octanol–water partition coefficient (Wildman–Crippen LogP) is 2.59. The number of carbonyl (C=O) groups excluding carboxylic acids is 1. The molecule has 3 nitrogen and oxygen atoms in total. The van der Waals surface area contributed by atoms with Gasteiger partial charge >= 0.3 is 0 Å². The maximum absolute atomic E-state index is 13.1. The monoisotopic (exact) mass is 316 g/mol. The normalized spacial score (nSPS) is 12.2. The molecule has 1 aromatic rings. The minimum Gasteiger partial charge on any atom is -0.355 e. The zero-order chi connectivity index (χ0) is 13.5. The molecule has 0 saturated carbocycles. The number of halogens is 2. The van der Waals surface area contributed by atoms with Crippen LogP contribution in [-0.4, -0.2) is 18.5 Å². The van der Waals surface area contributed by atoms with Gasteiger partial charge in [-0.15, -0.1) is 0 Å². The summed E-state index contributed by atoms with van der Waals surface area (Å²) in [4.78, 5) is 11.6. The largest absolute Gasteiger partial charge is 0.355 e. The number of nitrogens with one attached hydrogen (secondary N) is 2. The molecule has 1 rings (SSSR count). The Labute approximate surface area is 115 Å². The Kier molecular flexibility index (Phi) is 6.29. The maximum Gasteiger partial charge on any atom is 0.236 e. The fourth-order valence-corrected chi connectivity index (χ4v) is 1.82. The molecule has 0 bridgehead atoms. The second-order valence-electron chi connectivity index (χ2n) is 4.13. The van der Waals surface area contributed by atoms with Gasteiger partial charge in [0.2, 0.25) is 5.91 Å². The van der Waals surface area contributed by atoms with E-state index in [0.29, 0.717) is 13.1 Å². The molecule has 18 heavy (non-hydrogen) atoms. The highest BCUT2D eigenvalue weighted by Gasteiger charge is 2.11. The predicted molar refractivity (Wildman–Crippen MR) is 73.7 cm³/mol. The Morgan fingerprint density at radius 2 is 2.22 bits per heavy atom. The summed E-state index contributed by atoms with van der Waals surface area (Å²) >= 11 is 3.35. The number of rotatable bonds is 6. The van der Waals surface area contributed by atoms with Gasteiger partial charge in [0.25, 0.3) is 0 Å². The minimum absolute atomic E-state index is 0.0376. The first-order valence-electron chi connectivity index (χ1n) is 5.99. The third-order valence-electron chi connectivity index (χ3n) is 2.55. The molecule has 0 aliphatic carbocycles. The van der Waals surface area contributed by atoms with Crippen molar-refractivity contribution in [1.29, 1.82) is 0 Å². The molecule has 0 aromatic heterocycles.